The number of phosphoric acid groups is 1. The molecular weight excluding hydrogens is 252 g/mol. The van der Waals surface area contributed by atoms with E-state index < -0.39 is 7.82 Å². The van der Waals surface area contributed by atoms with Crippen molar-refractivity contribution in [3.05, 3.63) is 0 Å². The Balaban J connectivity index is -0.0000000365. The molecule has 50 valence electrons. The second-order valence-corrected chi connectivity index (χ2v) is 1.95. The normalized spacial score (nSPS) is 11.9. The molecule has 0 saturated carbocycles. The smallest absolute Gasteiger partial charge is 0.822 e. The van der Waals surface area contributed by atoms with E-state index in [2.05, 4.69) is 4.74 Å². The van der Waals surface area contributed by atoms with Gasteiger partial charge >= 0.3 is 154 Å². The zero-order valence-corrected chi connectivity index (χ0v) is 17.2. The van der Waals surface area contributed by atoms with Crippen LogP contribution < -0.4 is 169 Å². The Morgan fingerprint density at radius 2 is 1.09 bits per heavy atom. The maximum absolute atomic E-state index is 8.55. The molecule has 1 aliphatic rings. The summed E-state index contributed by atoms with van der Waals surface area (Å²) in [4.78, 5) is 25.6. The third kappa shape index (κ3) is 70.6. The molecule has 0 atom stereocenters. The number of epoxide rings is 1. The molecule has 0 spiro atoms. The van der Waals surface area contributed by atoms with Crippen LogP contribution >= 0.6 is 7.82 Å². The minimum Gasteiger partial charge on any atom is -0.822 e. The van der Waals surface area contributed by atoms with Crippen LogP contribution in [0.4, 0.5) is 0 Å². The van der Waals surface area contributed by atoms with Crippen LogP contribution in [0.15, 0.2) is 0 Å². The summed E-state index contributed by atoms with van der Waals surface area (Å²) in [6.45, 7) is 2.00. The molecule has 0 bridgehead atoms. The molecule has 0 aromatic heterocycles. The Morgan fingerprint density at radius 3 is 1.09 bits per heavy atom. The molecule has 0 aliphatic carbocycles. The minimum atomic E-state index is -5.39. The van der Waals surface area contributed by atoms with Crippen molar-refractivity contribution in [3.8, 4) is 0 Å². The van der Waals surface area contributed by atoms with Crippen molar-refractivity contribution in [3.63, 3.8) is 0 Å². The standard InChI is InChI=1S/C2H4O.3K.H3O4P/c1-2-3-1;;;;1-5(2,3)4/h1-2H2;;;;(H3,1,2,3,4)/q;3*+1;/p-3. The summed E-state index contributed by atoms with van der Waals surface area (Å²) in [5, 5.41) is 0. The van der Waals surface area contributed by atoms with Gasteiger partial charge in [0.05, 0.1) is 13.2 Å². The molecule has 9 heteroatoms. The van der Waals surface area contributed by atoms with E-state index in [1.807, 2.05) is 0 Å². The summed E-state index contributed by atoms with van der Waals surface area (Å²) in [6.07, 6.45) is 0. The fourth-order valence-electron chi connectivity index (χ4n) is 0. The number of rotatable bonds is 0. The van der Waals surface area contributed by atoms with Gasteiger partial charge in [-0.25, -0.2) is 0 Å². The quantitative estimate of drug-likeness (QED) is 0.243. The van der Waals surface area contributed by atoms with E-state index in [4.69, 9.17) is 19.2 Å². The molecule has 0 aromatic carbocycles. The third-order valence-corrected chi connectivity index (χ3v) is 0.204. The predicted molar refractivity (Wildman–Crippen MR) is 18.4 cm³/mol. The monoisotopic (exact) mass is 256 g/mol. The second kappa shape index (κ2) is 15.0. The van der Waals surface area contributed by atoms with Gasteiger partial charge in [-0.2, -0.15) is 7.82 Å². The summed E-state index contributed by atoms with van der Waals surface area (Å²) in [5.74, 6) is 0. The van der Waals surface area contributed by atoms with Crippen LogP contribution in [0.1, 0.15) is 0 Å². The summed E-state index contributed by atoms with van der Waals surface area (Å²) >= 11 is 0. The molecule has 11 heavy (non-hydrogen) atoms. The van der Waals surface area contributed by atoms with E-state index in [1.54, 1.807) is 0 Å². The Bertz CT molecular complexity index is 90.9. The van der Waals surface area contributed by atoms with E-state index in [1.165, 1.54) is 0 Å². The van der Waals surface area contributed by atoms with Crippen LogP contribution in [-0.4, -0.2) is 13.2 Å². The Hall–Kier alpha value is 4.98. The molecule has 1 saturated heterocycles. The second-order valence-electron chi connectivity index (χ2n) is 1.06. The maximum atomic E-state index is 8.55. The van der Waals surface area contributed by atoms with Gasteiger partial charge in [0, 0.05) is 0 Å². The largest absolute Gasteiger partial charge is 1.00 e. The Kier molecular flexibility index (Phi) is 34.0. The van der Waals surface area contributed by atoms with Crippen molar-refractivity contribution in [2.75, 3.05) is 13.2 Å². The van der Waals surface area contributed by atoms with Gasteiger partial charge in [0.25, 0.3) is 0 Å². The summed E-state index contributed by atoms with van der Waals surface area (Å²) in [6, 6.07) is 0. The van der Waals surface area contributed by atoms with Crippen LogP contribution in [-0.2, 0) is 9.30 Å². The molecule has 0 amide bonds. The molecule has 1 rings (SSSR count). The Morgan fingerprint density at radius 1 is 1.00 bits per heavy atom. The van der Waals surface area contributed by atoms with Crippen LogP contribution in [0.3, 0.4) is 0 Å². The van der Waals surface area contributed by atoms with Crippen LogP contribution in [0.2, 0.25) is 0 Å². The first-order valence-electron chi connectivity index (χ1n) is 1.81. The molecular formula is C2H4K3O5P. The van der Waals surface area contributed by atoms with Crippen LogP contribution in [0, 0.1) is 0 Å². The average molecular weight is 256 g/mol. The molecule has 0 unspecified atom stereocenters. The van der Waals surface area contributed by atoms with Gasteiger partial charge in [-0.1, -0.05) is 0 Å². The fourth-order valence-corrected chi connectivity index (χ4v) is 0. The van der Waals surface area contributed by atoms with E-state index in [0.29, 0.717) is 0 Å². The minimum absolute atomic E-state index is 0. The molecule has 0 radical (unpaired) electrons. The van der Waals surface area contributed by atoms with Crippen molar-refractivity contribution < 1.29 is 178 Å². The zero-order valence-electron chi connectivity index (χ0n) is 6.90. The van der Waals surface area contributed by atoms with Gasteiger partial charge in [0.1, 0.15) is 0 Å². The molecule has 0 N–H and O–H groups in total. The Labute approximate surface area is 193 Å². The van der Waals surface area contributed by atoms with Crippen LogP contribution in [0.25, 0.3) is 0 Å². The molecule has 1 fully saturated rings. The van der Waals surface area contributed by atoms with Crippen molar-refractivity contribution in [2.45, 2.75) is 0 Å². The van der Waals surface area contributed by atoms with E-state index in [-0.39, 0.29) is 154 Å². The maximum Gasteiger partial charge on any atom is 1.00 e. The topological polar surface area (TPSA) is 98.8 Å². The van der Waals surface area contributed by atoms with Crippen molar-refractivity contribution in [2.24, 2.45) is 0 Å². The molecule has 1 aliphatic heterocycles. The summed E-state index contributed by atoms with van der Waals surface area (Å²) in [7, 11) is -5.39. The number of ether oxygens (including phenoxy) is 1. The van der Waals surface area contributed by atoms with Gasteiger partial charge in [-0.05, 0) is 0 Å². The third-order valence-electron chi connectivity index (χ3n) is 0.204. The first-order valence-corrected chi connectivity index (χ1v) is 3.27. The fraction of sp³-hybridized carbons (Fsp3) is 1.00. The van der Waals surface area contributed by atoms with Crippen molar-refractivity contribution >= 4 is 7.82 Å². The van der Waals surface area contributed by atoms with Crippen molar-refractivity contribution in [1.82, 2.24) is 0 Å². The van der Waals surface area contributed by atoms with E-state index in [9.17, 15) is 0 Å². The summed E-state index contributed by atoms with van der Waals surface area (Å²) in [5.41, 5.74) is 0. The van der Waals surface area contributed by atoms with Crippen LogP contribution in [0.5, 0.6) is 0 Å². The van der Waals surface area contributed by atoms with Gasteiger partial charge in [-0.3, -0.25) is 0 Å². The van der Waals surface area contributed by atoms with Crippen molar-refractivity contribution in [1.29, 1.82) is 0 Å². The molecule has 5 nitrogen and oxygen atoms in total. The van der Waals surface area contributed by atoms with E-state index in [0.717, 1.165) is 13.2 Å². The number of hydrogen-bond acceptors (Lipinski definition) is 5. The predicted octanol–water partition coefficient (Wildman–Crippen LogP) is -11.8. The van der Waals surface area contributed by atoms with E-state index >= 15 is 0 Å². The zero-order chi connectivity index (χ0) is 6.62. The first kappa shape index (κ1) is 25.0. The van der Waals surface area contributed by atoms with Gasteiger partial charge in [0.15, 0.2) is 0 Å². The molecule has 0 aromatic rings. The summed E-state index contributed by atoms with van der Waals surface area (Å²) < 4.78 is 13.0. The SMILES string of the molecule is C1CO1.O=P([O-])([O-])[O-].[K+].[K+].[K+]. The van der Waals surface area contributed by atoms with Gasteiger partial charge in [-0.15, -0.1) is 0 Å². The molecule has 1 heterocycles. The van der Waals surface area contributed by atoms with Gasteiger partial charge < -0.3 is 24.0 Å². The van der Waals surface area contributed by atoms with Gasteiger partial charge in [0.2, 0.25) is 0 Å². The first-order chi connectivity index (χ1) is 3.50. The average Bonchev–Trinajstić information content (AvgIpc) is 1.95. The number of hydrogen-bond donors (Lipinski definition) is 0.